The average Bonchev–Trinajstić information content (AvgIpc) is 2.37. The first-order chi connectivity index (χ1) is 6.95. The molecule has 0 radical (unpaired) electrons. The molecule has 1 aliphatic carbocycles. The van der Waals surface area contributed by atoms with Crippen molar-refractivity contribution in [1.29, 1.82) is 0 Å². The summed E-state index contributed by atoms with van der Waals surface area (Å²) in [5, 5.41) is 9.84. The fraction of sp³-hybridized carbons (Fsp3) is 0.500. The minimum atomic E-state index is -0.584. The molecule has 82 valence electrons. The van der Waals surface area contributed by atoms with Gasteiger partial charge < -0.3 is 9.84 Å². The molecular weight excluding hydrogens is 195 g/mol. The Morgan fingerprint density at radius 1 is 1.47 bits per heavy atom. The predicted molar refractivity (Wildman–Crippen MR) is 55.6 cm³/mol. The third-order valence-corrected chi connectivity index (χ3v) is 3.07. The van der Waals surface area contributed by atoms with E-state index < -0.39 is 6.10 Å². The van der Waals surface area contributed by atoms with Gasteiger partial charge in [-0.25, -0.2) is 4.39 Å². The number of aliphatic hydroxyl groups is 1. The third-order valence-electron chi connectivity index (χ3n) is 3.07. The molecule has 1 aromatic rings. The Morgan fingerprint density at radius 2 is 2.13 bits per heavy atom. The monoisotopic (exact) mass is 210 g/mol. The lowest BCUT2D eigenvalue weighted by Crippen LogP contribution is -2.14. The average molecular weight is 210 g/mol. The Balaban J connectivity index is 2.63. The summed E-state index contributed by atoms with van der Waals surface area (Å²) in [6.07, 6.45) is -0.0218. The van der Waals surface area contributed by atoms with Gasteiger partial charge in [-0.15, -0.1) is 0 Å². The minimum absolute atomic E-state index is 0.286. The second kappa shape index (κ2) is 3.20. The van der Waals surface area contributed by atoms with Gasteiger partial charge in [-0.2, -0.15) is 0 Å². The standard InChI is InChI=1S/C12H15FO2/c1-12(2)6-10(14)8-4-7(15-3)5-9(13)11(8)12/h4-5,10,14H,6H2,1-3H3/t10-/m1/s1. The van der Waals surface area contributed by atoms with E-state index in [1.54, 1.807) is 6.07 Å². The van der Waals surface area contributed by atoms with Gasteiger partial charge in [0.1, 0.15) is 11.6 Å². The van der Waals surface area contributed by atoms with Crippen molar-refractivity contribution in [2.45, 2.75) is 31.8 Å². The second-order valence-corrected chi connectivity index (χ2v) is 4.68. The molecule has 2 nitrogen and oxygen atoms in total. The maximum absolute atomic E-state index is 13.8. The molecule has 0 saturated carbocycles. The van der Waals surface area contributed by atoms with Crippen molar-refractivity contribution in [2.75, 3.05) is 7.11 Å². The Bertz CT molecular complexity index is 399. The van der Waals surface area contributed by atoms with Gasteiger partial charge in [0.25, 0.3) is 0 Å². The number of hydrogen-bond donors (Lipinski definition) is 1. The minimum Gasteiger partial charge on any atom is -0.497 e. The Kier molecular flexibility index (Phi) is 2.23. The molecule has 0 aliphatic heterocycles. The zero-order valence-electron chi connectivity index (χ0n) is 9.17. The summed E-state index contributed by atoms with van der Waals surface area (Å²) in [7, 11) is 1.49. The fourth-order valence-corrected chi connectivity index (χ4v) is 2.39. The molecule has 0 bridgehead atoms. The van der Waals surface area contributed by atoms with Crippen LogP contribution in [0.2, 0.25) is 0 Å². The number of ether oxygens (including phenoxy) is 1. The lowest BCUT2D eigenvalue weighted by atomic mass is 9.86. The van der Waals surface area contributed by atoms with Crippen molar-refractivity contribution >= 4 is 0 Å². The number of aliphatic hydroxyl groups excluding tert-OH is 1. The summed E-state index contributed by atoms with van der Waals surface area (Å²) in [4.78, 5) is 0. The van der Waals surface area contributed by atoms with Crippen LogP contribution in [-0.2, 0) is 5.41 Å². The highest BCUT2D eigenvalue weighted by atomic mass is 19.1. The van der Waals surface area contributed by atoms with Gasteiger partial charge in [-0.1, -0.05) is 13.8 Å². The van der Waals surface area contributed by atoms with Gasteiger partial charge in [-0.05, 0) is 29.0 Å². The summed E-state index contributed by atoms with van der Waals surface area (Å²) in [5.41, 5.74) is 0.984. The molecule has 0 unspecified atom stereocenters. The van der Waals surface area contributed by atoms with Gasteiger partial charge in [0.2, 0.25) is 0 Å². The van der Waals surface area contributed by atoms with Crippen LogP contribution in [0.4, 0.5) is 4.39 Å². The number of methoxy groups -OCH3 is 1. The van der Waals surface area contributed by atoms with E-state index in [0.717, 1.165) is 0 Å². The van der Waals surface area contributed by atoms with E-state index in [0.29, 0.717) is 23.3 Å². The Hall–Kier alpha value is -1.09. The molecular formula is C12H15FO2. The van der Waals surface area contributed by atoms with Crippen molar-refractivity contribution in [3.63, 3.8) is 0 Å². The molecule has 1 aliphatic rings. The van der Waals surface area contributed by atoms with Gasteiger partial charge in [0.05, 0.1) is 13.2 Å². The first-order valence-corrected chi connectivity index (χ1v) is 5.01. The first kappa shape index (κ1) is 10.4. The summed E-state index contributed by atoms with van der Waals surface area (Å²) in [5.74, 6) is 0.175. The van der Waals surface area contributed by atoms with Crippen LogP contribution in [0.3, 0.4) is 0 Å². The smallest absolute Gasteiger partial charge is 0.131 e. The second-order valence-electron chi connectivity index (χ2n) is 4.68. The van der Waals surface area contributed by atoms with E-state index in [4.69, 9.17) is 4.74 Å². The molecule has 15 heavy (non-hydrogen) atoms. The molecule has 0 amide bonds. The highest BCUT2D eigenvalue weighted by molar-refractivity contribution is 5.45. The first-order valence-electron chi connectivity index (χ1n) is 5.01. The third kappa shape index (κ3) is 1.51. The van der Waals surface area contributed by atoms with Crippen LogP contribution in [0, 0.1) is 5.82 Å². The molecule has 1 N–H and O–H groups in total. The quantitative estimate of drug-likeness (QED) is 0.771. The van der Waals surface area contributed by atoms with E-state index in [1.165, 1.54) is 13.2 Å². The van der Waals surface area contributed by atoms with Crippen LogP contribution in [-0.4, -0.2) is 12.2 Å². The SMILES string of the molecule is COc1cc(F)c2c(c1)[C@H](O)CC2(C)C. The van der Waals surface area contributed by atoms with Crippen molar-refractivity contribution < 1.29 is 14.2 Å². The van der Waals surface area contributed by atoms with E-state index in [1.807, 2.05) is 13.8 Å². The Morgan fingerprint density at radius 3 is 2.73 bits per heavy atom. The largest absolute Gasteiger partial charge is 0.497 e. The van der Waals surface area contributed by atoms with Crippen molar-refractivity contribution in [1.82, 2.24) is 0 Å². The maximum atomic E-state index is 13.8. The number of benzene rings is 1. The highest BCUT2D eigenvalue weighted by Crippen LogP contribution is 2.46. The summed E-state index contributed by atoms with van der Waals surface area (Å²) < 4.78 is 18.8. The molecule has 1 atom stereocenters. The van der Waals surface area contributed by atoms with Gasteiger partial charge >= 0.3 is 0 Å². The molecule has 0 saturated heterocycles. The number of halogens is 1. The highest BCUT2D eigenvalue weighted by Gasteiger charge is 2.38. The molecule has 0 heterocycles. The molecule has 2 rings (SSSR count). The van der Waals surface area contributed by atoms with Crippen molar-refractivity contribution in [2.24, 2.45) is 0 Å². The van der Waals surface area contributed by atoms with Crippen molar-refractivity contribution in [3.05, 3.63) is 29.1 Å². The number of fused-ring (bicyclic) bond motifs is 1. The van der Waals surface area contributed by atoms with E-state index >= 15 is 0 Å². The summed E-state index contributed by atoms with van der Waals surface area (Å²) >= 11 is 0. The van der Waals surface area contributed by atoms with Crippen LogP contribution in [0.5, 0.6) is 5.75 Å². The summed E-state index contributed by atoms with van der Waals surface area (Å²) in [6, 6.07) is 3.09. The lowest BCUT2D eigenvalue weighted by Gasteiger charge is -2.19. The van der Waals surface area contributed by atoms with E-state index in [9.17, 15) is 9.50 Å². The zero-order chi connectivity index (χ0) is 11.2. The molecule has 3 heteroatoms. The fourth-order valence-electron chi connectivity index (χ4n) is 2.39. The van der Waals surface area contributed by atoms with Crippen LogP contribution in [0.15, 0.2) is 12.1 Å². The van der Waals surface area contributed by atoms with Gasteiger partial charge in [0.15, 0.2) is 0 Å². The van der Waals surface area contributed by atoms with Crippen LogP contribution in [0.1, 0.15) is 37.5 Å². The maximum Gasteiger partial charge on any atom is 0.131 e. The molecule has 0 aromatic heterocycles. The van der Waals surface area contributed by atoms with Crippen molar-refractivity contribution in [3.8, 4) is 5.75 Å². The molecule has 0 spiro atoms. The number of rotatable bonds is 1. The Labute approximate surface area is 88.7 Å². The molecule has 1 aromatic carbocycles. The topological polar surface area (TPSA) is 29.5 Å². The normalized spacial score (nSPS) is 22.6. The van der Waals surface area contributed by atoms with Crippen LogP contribution >= 0.6 is 0 Å². The van der Waals surface area contributed by atoms with E-state index in [2.05, 4.69) is 0 Å². The van der Waals surface area contributed by atoms with Gasteiger partial charge in [-0.3, -0.25) is 0 Å². The summed E-state index contributed by atoms with van der Waals surface area (Å²) in [6.45, 7) is 3.88. The van der Waals surface area contributed by atoms with Crippen LogP contribution in [0.25, 0.3) is 0 Å². The van der Waals surface area contributed by atoms with Crippen LogP contribution < -0.4 is 4.74 Å². The predicted octanol–water partition coefficient (Wildman–Crippen LogP) is 2.55. The lowest BCUT2D eigenvalue weighted by molar-refractivity contribution is 0.161. The zero-order valence-corrected chi connectivity index (χ0v) is 9.17. The number of hydrogen-bond acceptors (Lipinski definition) is 2. The molecule has 0 fully saturated rings. The van der Waals surface area contributed by atoms with Gasteiger partial charge in [0, 0.05) is 6.07 Å². The van der Waals surface area contributed by atoms with E-state index in [-0.39, 0.29) is 11.2 Å².